The molecule has 4 rings (SSSR count). The zero-order valence-corrected chi connectivity index (χ0v) is 12.2. The van der Waals surface area contributed by atoms with Gasteiger partial charge >= 0.3 is 6.03 Å². The van der Waals surface area contributed by atoms with Gasteiger partial charge in [0.1, 0.15) is 0 Å². The van der Waals surface area contributed by atoms with E-state index >= 15 is 0 Å². The van der Waals surface area contributed by atoms with Gasteiger partial charge in [-0.3, -0.25) is 5.10 Å². The molecule has 0 saturated carbocycles. The molecule has 112 valence electrons. The molecule has 0 aliphatic heterocycles. The normalized spacial score (nSPS) is 10.8. The lowest BCUT2D eigenvalue weighted by molar-refractivity contribution is 0.262. The maximum absolute atomic E-state index is 12.3. The van der Waals surface area contributed by atoms with E-state index in [1.165, 1.54) is 0 Å². The first-order valence-corrected chi connectivity index (χ1v) is 7.28. The van der Waals surface area contributed by atoms with Crippen LogP contribution < -0.4 is 10.6 Å². The van der Waals surface area contributed by atoms with E-state index in [4.69, 9.17) is 0 Å². The van der Waals surface area contributed by atoms with Gasteiger partial charge in [-0.2, -0.15) is 5.10 Å². The number of carbonyl (C=O) groups excluding carboxylic acids is 1. The molecule has 3 aromatic carbocycles. The molecule has 0 bridgehead atoms. The van der Waals surface area contributed by atoms with E-state index in [0.717, 1.165) is 27.4 Å². The topological polar surface area (TPSA) is 69.8 Å². The Kier molecular flexibility index (Phi) is 3.16. The molecule has 0 atom stereocenters. The molecule has 0 aliphatic carbocycles. The van der Waals surface area contributed by atoms with Gasteiger partial charge in [0.2, 0.25) is 0 Å². The molecule has 0 unspecified atom stereocenters. The quantitative estimate of drug-likeness (QED) is 0.515. The Morgan fingerprint density at radius 1 is 0.913 bits per heavy atom. The molecule has 1 heterocycles. The number of amides is 2. The summed E-state index contributed by atoms with van der Waals surface area (Å²) in [5.41, 5.74) is 2.37. The van der Waals surface area contributed by atoms with E-state index < -0.39 is 0 Å². The van der Waals surface area contributed by atoms with E-state index in [1.807, 2.05) is 60.7 Å². The van der Waals surface area contributed by atoms with Crippen LogP contribution in [0.3, 0.4) is 0 Å². The molecule has 23 heavy (non-hydrogen) atoms. The van der Waals surface area contributed by atoms with Crippen LogP contribution in [-0.2, 0) is 0 Å². The molecule has 0 radical (unpaired) electrons. The average molecular weight is 302 g/mol. The minimum Gasteiger partial charge on any atom is -0.308 e. The number of rotatable bonds is 2. The maximum atomic E-state index is 12.3. The van der Waals surface area contributed by atoms with E-state index in [1.54, 1.807) is 6.20 Å². The van der Waals surface area contributed by atoms with Crippen LogP contribution in [0.25, 0.3) is 21.7 Å². The Labute approximate surface area is 132 Å². The monoisotopic (exact) mass is 302 g/mol. The summed E-state index contributed by atoms with van der Waals surface area (Å²) >= 11 is 0. The van der Waals surface area contributed by atoms with E-state index in [9.17, 15) is 4.79 Å². The standard InChI is InChI=1S/C18H14N4O/c23-18(20-14-9-8-13-11-19-22-17(13)10-14)21-16-7-3-5-12-4-1-2-6-15(12)16/h1-11H,(H,19,22)(H2,20,21,23). The molecule has 0 fully saturated rings. The van der Waals surface area contributed by atoms with Gasteiger partial charge in [0.25, 0.3) is 0 Å². The number of aromatic amines is 1. The van der Waals surface area contributed by atoms with Crippen molar-refractivity contribution in [3.63, 3.8) is 0 Å². The number of aromatic nitrogens is 2. The summed E-state index contributed by atoms with van der Waals surface area (Å²) in [6, 6.07) is 19.1. The number of benzene rings is 3. The number of hydrogen-bond donors (Lipinski definition) is 3. The van der Waals surface area contributed by atoms with Crippen LogP contribution in [0.2, 0.25) is 0 Å². The van der Waals surface area contributed by atoms with Crippen LogP contribution in [0.15, 0.2) is 66.9 Å². The van der Waals surface area contributed by atoms with Crippen LogP contribution in [0.1, 0.15) is 0 Å². The number of nitrogens with zero attached hydrogens (tertiary/aromatic N) is 1. The Balaban J connectivity index is 1.57. The Hall–Kier alpha value is -3.34. The second-order valence-electron chi connectivity index (χ2n) is 5.28. The van der Waals surface area contributed by atoms with Crippen molar-refractivity contribution in [2.24, 2.45) is 0 Å². The number of urea groups is 1. The van der Waals surface area contributed by atoms with Gasteiger partial charge in [-0.1, -0.05) is 36.4 Å². The lowest BCUT2D eigenvalue weighted by Crippen LogP contribution is -2.19. The number of fused-ring (bicyclic) bond motifs is 2. The highest BCUT2D eigenvalue weighted by molar-refractivity contribution is 6.06. The van der Waals surface area contributed by atoms with Crippen molar-refractivity contribution < 1.29 is 4.79 Å². The Bertz CT molecular complexity index is 1000. The first-order chi connectivity index (χ1) is 11.3. The fourth-order valence-corrected chi connectivity index (χ4v) is 2.63. The van der Waals surface area contributed by atoms with Gasteiger partial charge in [0.05, 0.1) is 17.4 Å². The predicted molar refractivity (Wildman–Crippen MR) is 92.7 cm³/mol. The Morgan fingerprint density at radius 3 is 2.74 bits per heavy atom. The fraction of sp³-hybridized carbons (Fsp3) is 0. The fourth-order valence-electron chi connectivity index (χ4n) is 2.63. The summed E-state index contributed by atoms with van der Waals surface area (Å²) in [6.07, 6.45) is 1.75. The van der Waals surface area contributed by atoms with Crippen molar-refractivity contribution in [2.75, 3.05) is 10.6 Å². The molecule has 0 aliphatic rings. The SMILES string of the molecule is O=C(Nc1ccc2cn[nH]c2c1)Nc1cccc2ccccc12. The smallest absolute Gasteiger partial charge is 0.308 e. The van der Waals surface area contributed by atoms with Crippen molar-refractivity contribution in [2.45, 2.75) is 0 Å². The summed E-state index contributed by atoms with van der Waals surface area (Å²) in [5.74, 6) is 0. The molecular formula is C18H14N4O. The molecule has 5 heteroatoms. The van der Waals surface area contributed by atoms with Gasteiger partial charge in [-0.25, -0.2) is 4.79 Å². The highest BCUT2D eigenvalue weighted by atomic mass is 16.2. The van der Waals surface area contributed by atoms with Crippen LogP contribution >= 0.6 is 0 Å². The number of hydrogen-bond acceptors (Lipinski definition) is 2. The first-order valence-electron chi connectivity index (χ1n) is 7.28. The molecular weight excluding hydrogens is 288 g/mol. The highest BCUT2D eigenvalue weighted by Gasteiger charge is 2.06. The van der Waals surface area contributed by atoms with Crippen molar-refractivity contribution in [1.82, 2.24) is 10.2 Å². The van der Waals surface area contributed by atoms with E-state index in [-0.39, 0.29) is 6.03 Å². The third-order valence-corrected chi connectivity index (χ3v) is 3.74. The minimum absolute atomic E-state index is 0.278. The van der Waals surface area contributed by atoms with Crippen LogP contribution in [0.4, 0.5) is 16.2 Å². The minimum atomic E-state index is -0.278. The number of carbonyl (C=O) groups is 1. The summed E-state index contributed by atoms with van der Waals surface area (Å²) in [6.45, 7) is 0. The van der Waals surface area contributed by atoms with E-state index in [0.29, 0.717) is 5.69 Å². The van der Waals surface area contributed by atoms with Gasteiger partial charge in [-0.15, -0.1) is 0 Å². The molecule has 3 N–H and O–H groups in total. The zero-order valence-electron chi connectivity index (χ0n) is 12.2. The molecule has 0 saturated heterocycles. The summed E-state index contributed by atoms with van der Waals surface area (Å²) in [7, 11) is 0. The van der Waals surface area contributed by atoms with Crippen LogP contribution in [0, 0.1) is 0 Å². The number of anilines is 2. The number of H-pyrrole nitrogens is 1. The molecule has 2 amide bonds. The summed E-state index contributed by atoms with van der Waals surface area (Å²) < 4.78 is 0. The van der Waals surface area contributed by atoms with Crippen molar-refractivity contribution in [3.8, 4) is 0 Å². The molecule has 4 aromatic rings. The lowest BCUT2D eigenvalue weighted by atomic mass is 10.1. The third kappa shape index (κ3) is 2.60. The van der Waals surface area contributed by atoms with Crippen molar-refractivity contribution >= 4 is 39.1 Å². The van der Waals surface area contributed by atoms with Gasteiger partial charge in [-0.05, 0) is 29.7 Å². The summed E-state index contributed by atoms with van der Waals surface area (Å²) in [5, 5.41) is 15.7. The highest BCUT2D eigenvalue weighted by Crippen LogP contribution is 2.23. The maximum Gasteiger partial charge on any atom is 0.323 e. The van der Waals surface area contributed by atoms with Crippen LogP contribution in [0.5, 0.6) is 0 Å². The zero-order chi connectivity index (χ0) is 15.6. The first kappa shape index (κ1) is 13.3. The van der Waals surface area contributed by atoms with Crippen molar-refractivity contribution in [1.29, 1.82) is 0 Å². The molecule has 5 nitrogen and oxygen atoms in total. The molecule has 0 spiro atoms. The predicted octanol–water partition coefficient (Wildman–Crippen LogP) is 4.36. The van der Waals surface area contributed by atoms with Gasteiger partial charge in [0.15, 0.2) is 0 Å². The van der Waals surface area contributed by atoms with Crippen molar-refractivity contribution in [3.05, 3.63) is 66.9 Å². The third-order valence-electron chi connectivity index (χ3n) is 3.74. The molecule has 1 aromatic heterocycles. The summed E-state index contributed by atoms with van der Waals surface area (Å²) in [4.78, 5) is 12.3. The average Bonchev–Trinajstić information content (AvgIpc) is 3.03. The largest absolute Gasteiger partial charge is 0.323 e. The van der Waals surface area contributed by atoms with Crippen LogP contribution in [-0.4, -0.2) is 16.2 Å². The number of nitrogens with one attached hydrogen (secondary N) is 3. The second-order valence-corrected chi connectivity index (χ2v) is 5.28. The van der Waals surface area contributed by atoms with E-state index in [2.05, 4.69) is 20.8 Å². The van der Waals surface area contributed by atoms with Gasteiger partial charge in [0, 0.05) is 16.5 Å². The second kappa shape index (κ2) is 5.46. The van der Waals surface area contributed by atoms with Gasteiger partial charge < -0.3 is 10.6 Å². The Morgan fingerprint density at radius 2 is 1.78 bits per heavy atom. The lowest BCUT2D eigenvalue weighted by Gasteiger charge is -2.10.